The minimum atomic E-state index is -0.406. The van der Waals surface area contributed by atoms with Gasteiger partial charge in [0.15, 0.2) is 0 Å². The Bertz CT molecular complexity index is 230. The van der Waals surface area contributed by atoms with Crippen LogP contribution in [0.1, 0.15) is 46.5 Å². The largest absolute Gasteiger partial charge is 0.389 e. The van der Waals surface area contributed by atoms with Crippen LogP contribution >= 0.6 is 0 Å². The standard InChI is InChI=1S/C16H33NO3/c1-13(2)5-4-8-20-12-16(18)11-17-14(3)15-6-9-19-10-7-15/h13-18H,4-12H2,1-3H3. The van der Waals surface area contributed by atoms with Crippen molar-refractivity contribution in [2.75, 3.05) is 33.0 Å². The Labute approximate surface area is 124 Å². The predicted molar refractivity (Wildman–Crippen MR) is 81.9 cm³/mol. The zero-order chi connectivity index (χ0) is 14.8. The van der Waals surface area contributed by atoms with Gasteiger partial charge in [0.05, 0.1) is 12.7 Å². The Balaban J connectivity index is 1.99. The van der Waals surface area contributed by atoms with Crippen LogP contribution in [0, 0.1) is 11.8 Å². The van der Waals surface area contributed by atoms with E-state index in [2.05, 4.69) is 26.1 Å². The van der Waals surface area contributed by atoms with E-state index >= 15 is 0 Å². The van der Waals surface area contributed by atoms with Gasteiger partial charge < -0.3 is 19.9 Å². The normalized spacial score (nSPS) is 20.2. The first-order valence-corrected chi connectivity index (χ1v) is 8.16. The van der Waals surface area contributed by atoms with Crippen molar-refractivity contribution in [2.45, 2.75) is 58.6 Å². The second-order valence-corrected chi connectivity index (χ2v) is 6.41. The summed E-state index contributed by atoms with van der Waals surface area (Å²) in [5, 5.41) is 13.3. The second-order valence-electron chi connectivity index (χ2n) is 6.41. The number of nitrogens with one attached hydrogen (secondary N) is 1. The highest BCUT2D eigenvalue weighted by Crippen LogP contribution is 2.18. The smallest absolute Gasteiger partial charge is 0.0897 e. The van der Waals surface area contributed by atoms with Gasteiger partial charge >= 0.3 is 0 Å². The Morgan fingerprint density at radius 3 is 2.60 bits per heavy atom. The van der Waals surface area contributed by atoms with Crippen molar-refractivity contribution >= 4 is 0 Å². The van der Waals surface area contributed by atoms with E-state index in [-0.39, 0.29) is 0 Å². The van der Waals surface area contributed by atoms with Crippen LogP contribution in [0.15, 0.2) is 0 Å². The van der Waals surface area contributed by atoms with Gasteiger partial charge in [-0.15, -0.1) is 0 Å². The summed E-state index contributed by atoms with van der Waals surface area (Å²) in [6.07, 6.45) is 4.11. The molecule has 0 bridgehead atoms. The lowest BCUT2D eigenvalue weighted by Crippen LogP contribution is -2.41. The molecule has 2 unspecified atom stereocenters. The Morgan fingerprint density at radius 2 is 1.95 bits per heavy atom. The molecule has 1 fully saturated rings. The van der Waals surface area contributed by atoms with Crippen LogP contribution in [0.4, 0.5) is 0 Å². The van der Waals surface area contributed by atoms with Crippen LogP contribution in [0.5, 0.6) is 0 Å². The molecule has 0 aromatic heterocycles. The molecule has 0 spiro atoms. The van der Waals surface area contributed by atoms with E-state index in [0.717, 1.165) is 45.0 Å². The van der Waals surface area contributed by atoms with Crippen LogP contribution in [0.3, 0.4) is 0 Å². The first-order chi connectivity index (χ1) is 9.59. The van der Waals surface area contributed by atoms with Crippen molar-refractivity contribution in [3.05, 3.63) is 0 Å². The van der Waals surface area contributed by atoms with Crippen molar-refractivity contribution in [2.24, 2.45) is 11.8 Å². The maximum absolute atomic E-state index is 9.89. The van der Waals surface area contributed by atoms with Gasteiger partial charge in [0.2, 0.25) is 0 Å². The van der Waals surface area contributed by atoms with Crippen LogP contribution in [0.2, 0.25) is 0 Å². The Hall–Kier alpha value is -0.160. The zero-order valence-electron chi connectivity index (χ0n) is 13.4. The minimum absolute atomic E-state index is 0.406. The molecule has 120 valence electrons. The summed E-state index contributed by atoms with van der Waals surface area (Å²) in [6.45, 7) is 10.2. The SMILES string of the molecule is CC(C)CCCOCC(O)CNC(C)C1CCOCC1. The number of aliphatic hydroxyl groups is 1. The van der Waals surface area contributed by atoms with E-state index in [1.54, 1.807) is 0 Å². The summed E-state index contributed by atoms with van der Waals surface area (Å²) in [7, 11) is 0. The van der Waals surface area contributed by atoms with Crippen molar-refractivity contribution in [3.63, 3.8) is 0 Å². The molecule has 1 heterocycles. The minimum Gasteiger partial charge on any atom is -0.389 e. The van der Waals surface area contributed by atoms with Crippen LogP contribution < -0.4 is 5.32 Å². The number of hydrogen-bond acceptors (Lipinski definition) is 4. The van der Waals surface area contributed by atoms with E-state index in [1.807, 2.05) is 0 Å². The Kier molecular flexibility index (Phi) is 9.44. The molecule has 4 nitrogen and oxygen atoms in total. The van der Waals surface area contributed by atoms with Crippen molar-refractivity contribution in [1.82, 2.24) is 5.32 Å². The summed E-state index contributed by atoms with van der Waals surface area (Å²) in [5.41, 5.74) is 0. The highest BCUT2D eigenvalue weighted by atomic mass is 16.5. The lowest BCUT2D eigenvalue weighted by atomic mass is 9.93. The summed E-state index contributed by atoms with van der Waals surface area (Å²) < 4.78 is 10.9. The fourth-order valence-electron chi connectivity index (χ4n) is 2.58. The molecule has 1 rings (SSSR count). The van der Waals surface area contributed by atoms with Crippen molar-refractivity contribution in [1.29, 1.82) is 0 Å². The molecule has 0 radical (unpaired) electrons. The van der Waals surface area contributed by atoms with E-state index in [0.29, 0.717) is 25.1 Å². The van der Waals surface area contributed by atoms with Crippen LogP contribution in [-0.2, 0) is 9.47 Å². The third-order valence-corrected chi connectivity index (χ3v) is 4.03. The molecule has 4 heteroatoms. The van der Waals surface area contributed by atoms with Gasteiger partial charge in [0.1, 0.15) is 0 Å². The van der Waals surface area contributed by atoms with E-state index in [4.69, 9.17) is 9.47 Å². The molecule has 1 saturated heterocycles. The third-order valence-electron chi connectivity index (χ3n) is 4.03. The van der Waals surface area contributed by atoms with Gasteiger partial charge in [-0.05, 0) is 44.4 Å². The van der Waals surface area contributed by atoms with E-state index in [1.165, 1.54) is 6.42 Å². The van der Waals surface area contributed by atoms with Crippen LogP contribution in [-0.4, -0.2) is 50.2 Å². The van der Waals surface area contributed by atoms with Gasteiger partial charge in [0, 0.05) is 32.4 Å². The van der Waals surface area contributed by atoms with Gasteiger partial charge in [-0.1, -0.05) is 13.8 Å². The lowest BCUT2D eigenvalue weighted by Gasteiger charge is -2.29. The summed E-state index contributed by atoms with van der Waals surface area (Å²) in [6, 6.07) is 0.439. The molecule has 0 aliphatic carbocycles. The topological polar surface area (TPSA) is 50.7 Å². The van der Waals surface area contributed by atoms with E-state index in [9.17, 15) is 5.11 Å². The number of aliphatic hydroxyl groups excluding tert-OH is 1. The molecular formula is C16H33NO3. The predicted octanol–water partition coefficient (Wildman–Crippen LogP) is 2.20. The summed E-state index contributed by atoms with van der Waals surface area (Å²) >= 11 is 0. The monoisotopic (exact) mass is 287 g/mol. The highest BCUT2D eigenvalue weighted by Gasteiger charge is 2.20. The first kappa shape index (κ1) is 17.9. The molecule has 0 aromatic carbocycles. The lowest BCUT2D eigenvalue weighted by molar-refractivity contribution is 0.0276. The Morgan fingerprint density at radius 1 is 1.25 bits per heavy atom. The average molecular weight is 287 g/mol. The highest BCUT2D eigenvalue weighted by molar-refractivity contribution is 4.75. The molecule has 0 amide bonds. The quantitative estimate of drug-likeness (QED) is 0.605. The summed E-state index contributed by atoms with van der Waals surface area (Å²) in [4.78, 5) is 0. The first-order valence-electron chi connectivity index (χ1n) is 8.16. The van der Waals surface area contributed by atoms with Gasteiger partial charge in [-0.3, -0.25) is 0 Å². The molecule has 1 aliphatic heterocycles. The second kappa shape index (κ2) is 10.6. The zero-order valence-corrected chi connectivity index (χ0v) is 13.4. The van der Waals surface area contributed by atoms with E-state index < -0.39 is 6.10 Å². The molecule has 2 atom stereocenters. The fraction of sp³-hybridized carbons (Fsp3) is 1.00. The fourth-order valence-corrected chi connectivity index (χ4v) is 2.58. The number of hydrogen-bond donors (Lipinski definition) is 2. The number of ether oxygens (including phenoxy) is 2. The third kappa shape index (κ3) is 8.20. The van der Waals surface area contributed by atoms with Crippen molar-refractivity contribution < 1.29 is 14.6 Å². The molecule has 20 heavy (non-hydrogen) atoms. The average Bonchev–Trinajstić information content (AvgIpc) is 2.45. The number of rotatable bonds is 10. The summed E-state index contributed by atoms with van der Waals surface area (Å²) in [5.74, 6) is 1.40. The maximum Gasteiger partial charge on any atom is 0.0897 e. The van der Waals surface area contributed by atoms with Crippen LogP contribution in [0.25, 0.3) is 0 Å². The molecule has 2 N–H and O–H groups in total. The molecule has 1 aliphatic rings. The molecular weight excluding hydrogens is 254 g/mol. The van der Waals surface area contributed by atoms with Crippen molar-refractivity contribution in [3.8, 4) is 0 Å². The molecule has 0 aromatic rings. The molecule has 0 saturated carbocycles. The maximum atomic E-state index is 9.89. The van der Waals surface area contributed by atoms with Gasteiger partial charge in [-0.2, -0.15) is 0 Å². The van der Waals surface area contributed by atoms with Gasteiger partial charge in [0.25, 0.3) is 0 Å². The van der Waals surface area contributed by atoms with Gasteiger partial charge in [-0.25, -0.2) is 0 Å².